The van der Waals surface area contributed by atoms with Crippen molar-refractivity contribution in [2.45, 2.75) is 0 Å². The van der Waals surface area contributed by atoms with Gasteiger partial charge in [0.25, 0.3) is 0 Å². The maximum absolute atomic E-state index is 6.66. The highest BCUT2D eigenvalue weighted by Crippen LogP contribution is 2.43. The summed E-state index contributed by atoms with van der Waals surface area (Å²) in [4.78, 5) is 0. The van der Waals surface area contributed by atoms with Crippen LogP contribution >= 0.6 is 11.6 Å². The van der Waals surface area contributed by atoms with Gasteiger partial charge in [-0.15, -0.1) is 0 Å². The summed E-state index contributed by atoms with van der Waals surface area (Å²) < 4.78 is 2.31. The number of hydrogen-bond donors (Lipinski definition) is 1. The van der Waals surface area contributed by atoms with E-state index in [-0.39, 0.29) is 0 Å². The van der Waals surface area contributed by atoms with Crippen molar-refractivity contribution in [3.8, 4) is 0 Å². The van der Waals surface area contributed by atoms with Gasteiger partial charge in [0.1, 0.15) is 0 Å². The van der Waals surface area contributed by atoms with Gasteiger partial charge in [0.05, 0.1) is 27.4 Å². The quantitative estimate of drug-likeness (QED) is 0.299. The first-order valence-corrected chi connectivity index (χ1v) is 10.8. The average molecular weight is 417 g/mol. The van der Waals surface area contributed by atoms with Crippen molar-refractivity contribution in [2.24, 2.45) is 0 Å². The highest BCUT2D eigenvalue weighted by Gasteiger charge is 2.19. The molecular weight excluding hydrogens is 400 g/mol. The highest BCUT2D eigenvalue weighted by molar-refractivity contribution is 6.34. The van der Waals surface area contributed by atoms with Gasteiger partial charge in [-0.3, -0.25) is 0 Å². The molecule has 0 fully saturated rings. The van der Waals surface area contributed by atoms with Gasteiger partial charge in [0.15, 0.2) is 0 Å². The Balaban J connectivity index is 1.54. The van der Waals surface area contributed by atoms with Crippen LogP contribution in [-0.2, 0) is 0 Å². The summed E-state index contributed by atoms with van der Waals surface area (Å²) in [6.45, 7) is 0. The molecule has 7 rings (SSSR count). The van der Waals surface area contributed by atoms with E-state index < -0.39 is 0 Å². The number of para-hydroxylation sites is 1. The fourth-order valence-corrected chi connectivity index (χ4v) is 5.19. The van der Waals surface area contributed by atoms with Crippen molar-refractivity contribution in [1.82, 2.24) is 4.40 Å². The minimum atomic E-state index is 0.720. The minimum Gasteiger partial charge on any atom is -0.353 e. The molecule has 0 amide bonds. The lowest BCUT2D eigenvalue weighted by Crippen LogP contribution is -1.91. The molecule has 3 heteroatoms. The molecule has 0 bridgehead atoms. The van der Waals surface area contributed by atoms with Gasteiger partial charge >= 0.3 is 0 Å². The molecule has 1 N–H and O–H groups in total. The maximum atomic E-state index is 6.66. The Hall–Kier alpha value is -3.75. The lowest BCUT2D eigenvalue weighted by atomic mass is 10.0. The first kappa shape index (κ1) is 17.0. The fraction of sp³-hybridized carbons (Fsp3) is 0. The zero-order valence-corrected chi connectivity index (χ0v) is 17.3. The van der Waals surface area contributed by atoms with Gasteiger partial charge in [0.2, 0.25) is 0 Å². The van der Waals surface area contributed by atoms with Crippen LogP contribution in [0.15, 0.2) is 97.2 Å². The molecule has 146 valence electrons. The van der Waals surface area contributed by atoms with E-state index in [1.807, 2.05) is 12.1 Å². The fourth-order valence-electron chi connectivity index (χ4n) is 4.97. The van der Waals surface area contributed by atoms with E-state index in [1.54, 1.807) is 0 Å². The van der Waals surface area contributed by atoms with E-state index in [0.717, 1.165) is 21.8 Å². The van der Waals surface area contributed by atoms with Crippen LogP contribution in [0.3, 0.4) is 0 Å². The molecule has 0 aliphatic heterocycles. The number of nitrogens with one attached hydrogen (secondary N) is 1. The van der Waals surface area contributed by atoms with Crippen molar-refractivity contribution in [3.63, 3.8) is 0 Å². The predicted molar refractivity (Wildman–Crippen MR) is 133 cm³/mol. The van der Waals surface area contributed by atoms with Crippen molar-refractivity contribution < 1.29 is 0 Å². The molecule has 2 heterocycles. The summed E-state index contributed by atoms with van der Waals surface area (Å²) in [6.07, 6.45) is 2.20. The molecule has 0 atom stereocenters. The molecule has 2 nitrogen and oxygen atoms in total. The second-order valence-electron chi connectivity index (χ2n) is 8.10. The monoisotopic (exact) mass is 416 g/mol. The van der Waals surface area contributed by atoms with Gasteiger partial charge in [-0.1, -0.05) is 78.3 Å². The van der Waals surface area contributed by atoms with Gasteiger partial charge in [-0.05, 0) is 45.8 Å². The number of benzene rings is 5. The second-order valence-corrected chi connectivity index (χ2v) is 8.51. The second kappa shape index (κ2) is 6.13. The van der Waals surface area contributed by atoms with E-state index in [0.29, 0.717) is 0 Å². The third-order valence-electron chi connectivity index (χ3n) is 6.35. The van der Waals surface area contributed by atoms with Crippen LogP contribution in [0, 0.1) is 0 Å². The zero-order valence-electron chi connectivity index (χ0n) is 16.6. The average Bonchev–Trinajstić information content (AvgIpc) is 3.32. The van der Waals surface area contributed by atoms with Crippen molar-refractivity contribution in [3.05, 3.63) is 102 Å². The zero-order chi connectivity index (χ0) is 20.5. The molecule has 31 heavy (non-hydrogen) atoms. The van der Waals surface area contributed by atoms with Crippen LogP contribution in [0.2, 0.25) is 5.02 Å². The number of hydrogen-bond acceptors (Lipinski definition) is 1. The molecule has 0 aliphatic rings. The standard InChI is InChI=1S/C28H17ClN2/c29-23-14-17-7-1-2-8-18(17)15-24(23)30-25-16-31-26-12-6-5-11-21(26)27-20-10-4-3-9-19(20)13-22(25)28(27)31/h1-16,30H. The number of anilines is 2. The van der Waals surface area contributed by atoms with Crippen LogP contribution in [0.4, 0.5) is 11.4 Å². The van der Waals surface area contributed by atoms with E-state index in [2.05, 4.69) is 94.8 Å². The molecule has 0 saturated carbocycles. The lowest BCUT2D eigenvalue weighted by Gasteiger charge is -2.10. The molecule has 0 aliphatic carbocycles. The Morgan fingerprint density at radius 2 is 1.29 bits per heavy atom. The SMILES string of the molecule is Clc1cc2ccccc2cc1Nc1cn2c3ccccc3c3c4ccccc4cc1c32. The van der Waals surface area contributed by atoms with Crippen LogP contribution in [-0.4, -0.2) is 4.40 Å². The largest absolute Gasteiger partial charge is 0.353 e. The van der Waals surface area contributed by atoms with Crippen LogP contribution < -0.4 is 5.32 Å². The molecule has 0 spiro atoms. The summed E-state index contributed by atoms with van der Waals surface area (Å²) in [6, 6.07) is 32.0. The number of nitrogens with zero attached hydrogens (tertiary/aromatic N) is 1. The maximum Gasteiger partial charge on any atom is 0.0649 e. The topological polar surface area (TPSA) is 16.4 Å². The minimum absolute atomic E-state index is 0.720. The number of fused-ring (bicyclic) bond motifs is 6. The summed E-state index contributed by atoms with van der Waals surface area (Å²) in [7, 11) is 0. The van der Waals surface area contributed by atoms with E-state index in [9.17, 15) is 0 Å². The Kier molecular flexibility index (Phi) is 3.36. The molecule has 2 aromatic heterocycles. The van der Waals surface area contributed by atoms with Gasteiger partial charge in [-0.2, -0.15) is 0 Å². The predicted octanol–water partition coefficient (Wildman–Crippen LogP) is 8.39. The third-order valence-corrected chi connectivity index (χ3v) is 6.66. The van der Waals surface area contributed by atoms with Crippen molar-refractivity contribution in [1.29, 1.82) is 0 Å². The Morgan fingerprint density at radius 3 is 2.13 bits per heavy atom. The number of rotatable bonds is 2. The van der Waals surface area contributed by atoms with Crippen molar-refractivity contribution >= 4 is 71.7 Å². The normalized spacial score (nSPS) is 12.0. The van der Waals surface area contributed by atoms with E-state index in [1.165, 1.54) is 43.4 Å². The highest BCUT2D eigenvalue weighted by atomic mass is 35.5. The number of aromatic nitrogens is 1. The summed E-state index contributed by atoms with van der Waals surface area (Å²) in [5.41, 5.74) is 4.45. The summed E-state index contributed by atoms with van der Waals surface area (Å²) >= 11 is 6.66. The smallest absolute Gasteiger partial charge is 0.0649 e. The van der Waals surface area contributed by atoms with E-state index in [4.69, 9.17) is 11.6 Å². The molecular formula is C28H17ClN2. The van der Waals surface area contributed by atoms with Gasteiger partial charge in [-0.25, -0.2) is 0 Å². The Bertz CT molecular complexity index is 1760. The van der Waals surface area contributed by atoms with Crippen LogP contribution in [0.1, 0.15) is 0 Å². The Morgan fingerprint density at radius 1 is 0.613 bits per heavy atom. The number of halogens is 1. The first-order chi connectivity index (χ1) is 15.3. The lowest BCUT2D eigenvalue weighted by molar-refractivity contribution is 1.30. The van der Waals surface area contributed by atoms with Crippen LogP contribution in [0.25, 0.3) is 48.7 Å². The van der Waals surface area contributed by atoms with E-state index >= 15 is 0 Å². The van der Waals surface area contributed by atoms with Gasteiger partial charge in [0, 0.05) is 22.4 Å². The molecule has 0 saturated heterocycles. The molecule has 0 unspecified atom stereocenters. The van der Waals surface area contributed by atoms with Crippen molar-refractivity contribution in [2.75, 3.05) is 5.32 Å². The van der Waals surface area contributed by atoms with Gasteiger partial charge < -0.3 is 9.72 Å². The van der Waals surface area contributed by atoms with Crippen LogP contribution in [0.5, 0.6) is 0 Å². The third kappa shape index (κ3) is 2.34. The Labute approximate surface area is 183 Å². The molecule has 5 aromatic carbocycles. The summed E-state index contributed by atoms with van der Waals surface area (Å²) in [5, 5.41) is 13.0. The molecule has 0 radical (unpaired) electrons. The first-order valence-electron chi connectivity index (χ1n) is 10.4. The summed E-state index contributed by atoms with van der Waals surface area (Å²) in [5.74, 6) is 0. The molecule has 7 aromatic rings.